The topological polar surface area (TPSA) is 30.2 Å². The Bertz CT molecular complexity index is 1180. The van der Waals surface area contributed by atoms with Crippen molar-refractivity contribution in [3.63, 3.8) is 0 Å². The van der Waals surface area contributed by atoms with Gasteiger partial charge in [0.1, 0.15) is 5.69 Å². The summed E-state index contributed by atoms with van der Waals surface area (Å²) < 4.78 is 2.21. The predicted molar refractivity (Wildman–Crippen MR) is 101 cm³/mol. The first kappa shape index (κ1) is 13.9. The SMILES string of the molecule is c1ccc(-c2nc(-c3ccccn3)n3c2ccc2ccccc23)cc1. The van der Waals surface area contributed by atoms with E-state index in [1.54, 1.807) is 0 Å². The van der Waals surface area contributed by atoms with Crippen LogP contribution in [0.25, 0.3) is 39.2 Å². The Morgan fingerprint density at radius 1 is 0.640 bits per heavy atom. The molecule has 5 aromatic rings. The zero-order valence-electron chi connectivity index (χ0n) is 13.5. The van der Waals surface area contributed by atoms with E-state index in [9.17, 15) is 0 Å². The molecule has 0 radical (unpaired) electrons. The van der Waals surface area contributed by atoms with E-state index in [4.69, 9.17) is 4.98 Å². The summed E-state index contributed by atoms with van der Waals surface area (Å²) in [6.45, 7) is 0. The number of aromatic nitrogens is 3. The molecular weight excluding hydrogens is 306 g/mol. The Labute approximate surface area is 145 Å². The molecule has 0 aliphatic rings. The van der Waals surface area contributed by atoms with Crippen molar-refractivity contribution in [1.82, 2.24) is 14.4 Å². The first-order valence-electron chi connectivity index (χ1n) is 8.29. The highest BCUT2D eigenvalue weighted by Crippen LogP contribution is 2.31. The molecule has 0 bridgehead atoms. The predicted octanol–water partition coefficient (Wildman–Crippen LogP) is 5.22. The van der Waals surface area contributed by atoms with E-state index >= 15 is 0 Å². The molecule has 0 unspecified atom stereocenters. The number of pyridine rings is 2. The fraction of sp³-hybridized carbons (Fsp3) is 0. The van der Waals surface area contributed by atoms with E-state index in [2.05, 4.69) is 57.9 Å². The van der Waals surface area contributed by atoms with Gasteiger partial charge >= 0.3 is 0 Å². The molecule has 0 aliphatic carbocycles. The average molecular weight is 321 g/mol. The van der Waals surface area contributed by atoms with Crippen LogP contribution in [-0.2, 0) is 0 Å². The van der Waals surface area contributed by atoms with Crippen molar-refractivity contribution in [1.29, 1.82) is 0 Å². The van der Waals surface area contributed by atoms with Crippen molar-refractivity contribution in [2.24, 2.45) is 0 Å². The quantitative estimate of drug-likeness (QED) is 0.446. The van der Waals surface area contributed by atoms with Gasteiger partial charge in [-0.25, -0.2) is 4.98 Å². The first-order valence-corrected chi connectivity index (χ1v) is 8.29. The van der Waals surface area contributed by atoms with Gasteiger partial charge in [0.15, 0.2) is 5.82 Å². The monoisotopic (exact) mass is 321 g/mol. The maximum atomic E-state index is 4.98. The summed E-state index contributed by atoms with van der Waals surface area (Å²) in [6.07, 6.45) is 1.81. The number of para-hydroxylation sites is 1. The fourth-order valence-electron chi connectivity index (χ4n) is 3.31. The summed E-state index contributed by atoms with van der Waals surface area (Å²) in [6, 6.07) is 28.9. The highest BCUT2D eigenvalue weighted by atomic mass is 15.1. The van der Waals surface area contributed by atoms with Crippen molar-refractivity contribution in [3.05, 3.63) is 91.1 Å². The number of nitrogens with zero attached hydrogens (tertiary/aromatic N) is 3. The lowest BCUT2D eigenvalue weighted by Crippen LogP contribution is -1.93. The summed E-state index contributed by atoms with van der Waals surface area (Å²) in [5.74, 6) is 0.867. The van der Waals surface area contributed by atoms with Gasteiger partial charge in [0.25, 0.3) is 0 Å². The van der Waals surface area contributed by atoms with Crippen LogP contribution in [0.1, 0.15) is 0 Å². The van der Waals surface area contributed by atoms with Gasteiger partial charge in [-0.2, -0.15) is 0 Å². The van der Waals surface area contributed by atoms with Crippen LogP contribution in [0, 0.1) is 0 Å². The molecule has 3 heterocycles. The van der Waals surface area contributed by atoms with Gasteiger partial charge in [-0.15, -0.1) is 0 Å². The van der Waals surface area contributed by atoms with Gasteiger partial charge in [-0.1, -0.05) is 60.7 Å². The van der Waals surface area contributed by atoms with Crippen LogP contribution in [0.4, 0.5) is 0 Å². The number of benzene rings is 2. The second-order valence-corrected chi connectivity index (χ2v) is 5.98. The largest absolute Gasteiger partial charge is 0.290 e. The molecule has 118 valence electrons. The molecule has 0 saturated heterocycles. The van der Waals surface area contributed by atoms with Gasteiger partial charge < -0.3 is 0 Å². The standard InChI is InChI=1S/C22H15N3/c1-2-9-17(10-3-1)21-20-14-13-16-8-4-5-12-19(16)25(20)22(24-21)18-11-6-7-15-23-18/h1-15H. The molecule has 0 fully saturated rings. The first-order chi connectivity index (χ1) is 12.4. The van der Waals surface area contributed by atoms with Crippen molar-refractivity contribution in [2.45, 2.75) is 0 Å². The zero-order chi connectivity index (χ0) is 16.6. The van der Waals surface area contributed by atoms with Gasteiger partial charge in [-0.3, -0.25) is 9.38 Å². The normalized spacial score (nSPS) is 11.2. The minimum Gasteiger partial charge on any atom is -0.290 e. The molecule has 5 rings (SSSR count). The summed E-state index contributed by atoms with van der Waals surface area (Å²) in [4.78, 5) is 9.51. The second kappa shape index (κ2) is 5.56. The van der Waals surface area contributed by atoms with Crippen LogP contribution < -0.4 is 0 Å². The van der Waals surface area contributed by atoms with Crippen LogP contribution in [-0.4, -0.2) is 14.4 Å². The molecular formula is C22H15N3. The Hall–Kier alpha value is -3.46. The maximum absolute atomic E-state index is 4.98. The van der Waals surface area contributed by atoms with E-state index in [-0.39, 0.29) is 0 Å². The zero-order valence-corrected chi connectivity index (χ0v) is 13.5. The minimum atomic E-state index is 0.867. The number of rotatable bonds is 2. The summed E-state index contributed by atoms with van der Waals surface area (Å²) in [7, 11) is 0. The summed E-state index contributed by atoms with van der Waals surface area (Å²) in [5.41, 5.74) is 5.18. The van der Waals surface area contributed by atoms with Crippen molar-refractivity contribution in [3.8, 4) is 22.8 Å². The van der Waals surface area contributed by atoms with E-state index < -0.39 is 0 Å². The Kier molecular flexibility index (Phi) is 3.10. The highest BCUT2D eigenvalue weighted by Gasteiger charge is 2.16. The van der Waals surface area contributed by atoms with Gasteiger partial charge in [0, 0.05) is 11.8 Å². The van der Waals surface area contributed by atoms with Gasteiger partial charge in [0.05, 0.1) is 16.7 Å². The average Bonchev–Trinajstić information content (AvgIpc) is 3.09. The maximum Gasteiger partial charge on any atom is 0.164 e. The molecule has 0 amide bonds. The van der Waals surface area contributed by atoms with Crippen molar-refractivity contribution < 1.29 is 0 Å². The fourth-order valence-corrected chi connectivity index (χ4v) is 3.31. The van der Waals surface area contributed by atoms with Crippen LogP contribution in [0.2, 0.25) is 0 Å². The minimum absolute atomic E-state index is 0.867. The van der Waals surface area contributed by atoms with E-state index in [1.807, 2.05) is 42.6 Å². The Balaban J connectivity index is 1.94. The second-order valence-electron chi connectivity index (χ2n) is 5.98. The number of fused-ring (bicyclic) bond motifs is 3. The van der Waals surface area contributed by atoms with Crippen molar-refractivity contribution >= 4 is 16.4 Å². The number of imidazole rings is 1. The molecule has 0 saturated carbocycles. The summed E-state index contributed by atoms with van der Waals surface area (Å²) in [5, 5.41) is 1.18. The third kappa shape index (κ3) is 2.21. The summed E-state index contributed by atoms with van der Waals surface area (Å²) >= 11 is 0. The van der Waals surface area contributed by atoms with E-state index in [0.717, 1.165) is 33.8 Å². The van der Waals surface area contributed by atoms with Crippen LogP contribution in [0.5, 0.6) is 0 Å². The lowest BCUT2D eigenvalue weighted by molar-refractivity contribution is 1.17. The molecule has 0 spiro atoms. The third-order valence-corrected chi connectivity index (χ3v) is 4.45. The highest BCUT2D eigenvalue weighted by molar-refractivity contribution is 5.90. The lowest BCUT2D eigenvalue weighted by atomic mass is 10.1. The molecule has 3 aromatic heterocycles. The molecule has 25 heavy (non-hydrogen) atoms. The molecule has 2 aromatic carbocycles. The van der Waals surface area contributed by atoms with Crippen LogP contribution in [0.15, 0.2) is 91.1 Å². The molecule has 0 aliphatic heterocycles. The third-order valence-electron chi connectivity index (χ3n) is 4.45. The number of hydrogen-bond acceptors (Lipinski definition) is 2. The lowest BCUT2D eigenvalue weighted by Gasteiger charge is -2.06. The molecule has 0 atom stereocenters. The van der Waals surface area contributed by atoms with Gasteiger partial charge in [-0.05, 0) is 29.7 Å². The van der Waals surface area contributed by atoms with Crippen LogP contribution in [0.3, 0.4) is 0 Å². The van der Waals surface area contributed by atoms with E-state index in [1.165, 1.54) is 5.39 Å². The molecule has 3 heteroatoms. The van der Waals surface area contributed by atoms with Gasteiger partial charge in [0.2, 0.25) is 0 Å². The Morgan fingerprint density at radius 2 is 1.44 bits per heavy atom. The molecule has 3 nitrogen and oxygen atoms in total. The van der Waals surface area contributed by atoms with Crippen LogP contribution >= 0.6 is 0 Å². The molecule has 0 N–H and O–H groups in total. The van der Waals surface area contributed by atoms with Crippen molar-refractivity contribution in [2.75, 3.05) is 0 Å². The smallest absolute Gasteiger partial charge is 0.164 e. The Morgan fingerprint density at radius 3 is 2.28 bits per heavy atom. The number of hydrogen-bond donors (Lipinski definition) is 0. The van der Waals surface area contributed by atoms with E-state index in [0.29, 0.717) is 0 Å².